The molecule has 0 saturated heterocycles. The van der Waals surface area contributed by atoms with Crippen LogP contribution in [0, 0.1) is 11.6 Å². The molecule has 0 amide bonds. The van der Waals surface area contributed by atoms with Crippen LogP contribution >= 0.6 is 0 Å². The van der Waals surface area contributed by atoms with Crippen molar-refractivity contribution in [2.75, 3.05) is 5.43 Å². The maximum absolute atomic E-state index is 13.2. The van der Waals surface area contributed by atoms with Crippen LogP contribution in [0.1, 0.15) is 36.8 Å². The molecule has 2 aromatic rings. The molecule has 0 spiro atoms. The summed E-state index contributed by atoms with van der Waals surface area (Å²) in [6.45, 7) is 3.99. The SMILES string of the molecule is CC(C)c1cc(NN)nc(Cc2cc(F)cc(F)c2)n1. The first kappa shape index (κ1) is 14.3. The molecule has 1 heterocycles. The van der Waals surface area contributed by atoms with Gasteiger partial charge in [-0.3, -0.25) is 0 Å². The summed E-state index contributed by atoms with van der Waals surface area (Å²) in [5.74, 6) is 5.29. The Morgan fingerprint density at radius 1 is 1.10 bits per heavy atom. The normalized spacial score (nSPS) is 10.9. The number of benzene rings is 1. The topological polar surface area (TPSA) is 63.8 Å². The van der Waals surface area contributed by atoms with E-state index in [-0.39, 0.29) is 12.3 Å². The zero-order chi connectivity index (χ0) is 14.7. The highest BCUT2D eigenvalue weighted by Crippen LogP contribution is 2.17. The standard InChI is InChI=1S/C14H16F2N4/c1-8(2)12-7-14(20-17)19-13(18-12)5-9-3-10(15)6-11(16)4-9/h3-4,6-8H,5,17H2,1-2H3,(H,18,19,20). The third-order valence-corrected chi connectivity index (χ3v) is 2.82. The third kappa shape index (κ3) is 3.48. The van der Waals surface area contributed by atoms with Gasteiger partial charge in [0.05, 0.1) is 0 Å². The van der Waals surface area contributed by atoms with E-state index in [1.54, 1.807) is 6.07 Å². The van der Waals surface area contributed by atoms with Gasteiger partial charge in [-0.05, 0) is 23.6 Å². The first-order chi connectivity index (χ1) is 9.47. The van der Waals surface area contributed by atoms with Crippen molar-refractivity contribution in [3.63, 3.8) is 0 Å². The van der Waals surface area contributed by atoms with E-state index in [0.717, 1.165) is 11.8 Å². The molecule has 0 fully saturated rings. The molecule has 3 N–H and O–H groups in total. The summed E-state index contributed by atoms with van der Waals surface area (Å²) in [6.07, 6.45) is 0.240. The Morgan fingerprint density at radius 2 is 1.75 bits per heavy atom. The Hall–Kier alpha value is -2.08. The van der Waals surface area contributed by atoms with E-state index in [9.17, 15) is 8.78 Å². The van der Waals surface area contributed by atoms with Gasteiger partial charge in [0.1, 0.15) is 23.3 Å². The minimum Gasteiger partial charge on any atom is -0.308 e. The van der Waals surface area contributed by atoms with Crippen LogP contribution in [0.3, 0.4) is 0 Å². The second-order valence-electron chi connectivity index (χ2n) is 4.85. The number of nitrogen functional groups attached to an aromatic ring is 1. The van der Waals surface area contributed by atoms with Gasteiger partial charge in [-0.15, -0.1) is 0 Å². The summed E-state index contributed by atoms with van der Waals surface area (Å²) in [6, 6.07) is 5.12. The number of anilines is 1. The number of nitrogens with zero attached hydrogens (tertiary/aromatic N) is 2. The third-order valence-electron chi connectivity index (χ3n) is 2.82. The second-order valence-corrected chi connectivity index (χ2v) is 4.85. The summed E-state index contributed by atoms with van der Waals surface area (Å²) in [7, 11) is 0. The van der Waals surface area contributed by atoms with Gasteiger partial charge in [-0.25, -0.2) is 24.6 Å². The fourth-order valence-corrected chi connectivity index (χ4v) is 1.86. The summed E-state index contributed by atoms with van der Waals surface area (Å²) in [5, 5.41) is 0. The number of halogens is 2. The molecule has 0 radical (unpaired) electrons. The van der Waals surface area contributed by atoms with Crippen molar-refractivity contribution in [2.24, 2.45) is 5.84 Å². The van der Waals surface area contributed by atoms with Gasteiger partial charge in [0.2, 0.25) is 0 Å². The highest BCUT2D eigenvalue weighted by atomic mass is 19.1. The molecule has 20 heavy (non-hydrogen) atoms. The number of aromatic nitrogens is 2. The van der Waals surface area contributed by atoms with Gasteiger partial charge >= 0.3 is 0 Å². The van der Waals surface area contributed by atoms with Gasteiger partial charge < -0.3 is 5.43 Å². The zero-order valence-electron chi connectivity index (χ0n) is 11.3. The van der Waals surface area contributed by atoms with Crippen LogP contribution in [-0.2, 0) is 6.42 Å². The minimum absolute atomic E-state index is 0.202. The van der Waals surface area contributed by atoms with Gasteiger partial charge in [0.25, 0.3) is 0 Å². The highest BCUT2D eigenvalue weighted by molar-refractivity contribution is 5.36. The average Bonchev–Trinajstić information content (AvgIpc) is 2.36. The van der Waals surface area contributed by atoms with Crippen molar-refractivity contribution in [2.45, 2.75) is 26.2 Å². The second kappa shape index (κ2) is 5.92. The van der Waals surface area contributed by atoms with Crippen molar-refractivity contribution in [1.29, 1.82) is 0 Å². The number of hydrogen-bond donors (Lipinski definition) is 2. The molecule has 0 bridgehead atoms. The minimum atomic E-state index is -0.614. The van der Waals surface area contributed by atoms with Crippen LogP contribution < -0.4 is 11.3 Å². The van der Waals surface area contributed by atoms with Crippen LogP contribution in [0.2, 0.25) is 0 Å². The molecule has 0 aliphatic carbocycles. The maximum Gasteiger partial charge on any atom is 0.143 e. The zero-order valence-corrected chi connectivity index (χ0v) is 11.3. The molecule has 1 aromatic carbocycles. The number of hydrazine groups is 1. The quantitative estimate of drug-likeness (QED) is 0.666. The van der Waals surface area contributed by atoms with Crippen molar-refractivity contribution in [1.82, 2.24) is 9.97 Å². The fraction of sp³-hybridized carbons (Fsp3) is 0.286. The largest absolute Gasteiger partial charge is 0.308 e. The van der Waals surface area contributed by atoms with Crippen LogP contribution in [0.15, 0.2) is 24.3 Å². The molecule has 1 aromatic heterocycles. The molecule has 0 aliphatic rings. The Bertz CT molecular complexity index is 594. The highest BCUT2D eigenvalue weighted by Gasteiger charge is 2.09. The van der Waals surface area contributed by atoms with Crippen LogP contribution in [0.25, 0.3) is 0 Å². The molecule has 0 unspecified atom stereocenters. The average molecular weight is 278 g/mol. The molecular weight excluding hydrogens is 262 g/mol. The lowest BCUT2D eigenvalue weighted by atomic mass is 10.1. The molecule has 0 atom stereocenters. The lowest BCUT2D eigenvalue weighted by molar-refractivity contribution is 0.580. The monoisotopic (exact) mass is 278 g/mol. The predicted octanol–water partition coefficient (Wildman–Crippen LogP) is 2.75. The lowest BCUT2D eigenvalue weighted by Gasteiger charge is -2.10. The molecule has 106 valence electrons. The maximum atomic E-state index is 13.2. The van der Waals surface area contributed by atoms with E-state index in [1.807, 2.05) is 13.8 Å². The van der Waals surface area contributed by atoms with Crippen LogP contribution in [0.5, 0.6) is 0 Å². The predicted molar refractivity (Wildman–Crippen MR) is 73.1 cm³/mol. The van der Waals surface area contributed by atoms with E-state index in [1.165, 1.54) is 12.1 Å². The van der Waals surface area contributed by atoms with Crippen LogP contribution in [-0.4, -0.2) is 9.97 Å². The van der Waals surface area contributed by atoms with Gasteiger partial charge in [-0.2, -0.15) is 0 Å². The summed E-state index contributed by atoms with van der Waals surface area (Å²) < 4.78 is 26.3. The Kier molecular flexibility index (Phi) is 4.24. The van der Waals surface area contributed by atoms with Crippen LogP contribution in [0.4, 0.5) is 14.6 Å². The first-order valence-corrected chi connectivity index (χ1v) is 6.27. The van der Waals surface area contributed by atoms with Gasteiger partial charge in [0.15, 0.2) is 0 Å². The number of hydrogen-bond acceptors (Lipinski definition) is 4. The molecule has 4 nitrogen and oxygen atoms in total. The van der Waals surface area contributed by atoms with Gasteiger partial charge in [-0.1, -0.05) is 13.8 Å². The Morgan fingerprint density at radius 3 is 2.30 bits per heavy atom. The molecule has 0 aliphatic heterocycles. The van der Waals surface area contributed by atoms with E-state index in [0.29, 0.717) is 17.2 Å². The van der Waals surface area contributed by atoms with E-state index < -0.39 is 11.6 Å². The Balaban J connectivity index is 2.34. The van der Waals surface area contributed by atoms with Crippen molar-refractivity contribution in [3.8, 4) is 0 Å². The van der Waals surface area contributed by atoms with E-state index in [2.05, 4.69) is 15.4 Å². The summed E-state index contributed by atoms with van der Waals surface area (Å²) in [5.41, 5.74) is 3.77. The molecule has 0 saturated carbocycles. The number of nitrogens with two attached hydrogens (primary N) is 1. The Labute approximate surface area is 116 Å². The smallest absolute Gasteiger partial charge is 0.143 e. The van der Waals surface area contributed by atoms with Crippen molar-refractivity contribution in [3.05, 3.63) is 53.0 Å². The molecule has 6 heteroatoms. The lowest BCUT2D eigenvalue weighted by Crippen LogP contribution is -2.12. The fourth-order valence-electron chi connectivity index (χ4n) is 1.86. The summed E-state index contributed by atoms with van der Waals surface area (Å²) >= 11 is 0. The van der Waals surface area contributed by atoms with Crippen molar-refractivity contribution >= 4 is 5.82 Å². The first-order valence-electron chi connectivity index (χ1n) is 6.27. The molecular formula is C14H16F2N4. The van der Waals surface area contributed by atoms with E-state index >= 15 is 0 Å². The molecule has 2 rings (SSSR count). The van der Waals surface area contributed by atoms with Gasteiger partial charge in [0, 0.05) is 24.2 Å². The summed E-state index contributed by atoms with van der Waals surface area (Å²) in [4.78, 5) is 8.58. The number of nitrogens with one attached hydrogen (secondary N) is 1. The number of rotatable bonds is 4. The van der Waals surface area contributed by atoms with E-state index in [4.69, 9.17) is 5.84 Å². The van der Waals surface area contributed by atoms with Crippen molar-refractivity contribution < 1.29 is 8.78 Å².